The van der Waals surface area contributed by atoms with Crippen molar-refractivity contribution in [2.24, 2.45) is 12.8 Å². The molecule has 1 aromatic rings. The molecule has 0 amide bonds. The number of aromatic nitrogens is 2. The Hall–Kier alpha value is -0.870. The maximum absolute atomic E-state index is 5.57. The molecule has 0 aliphatic heterocycles. The average molecular weight is 197 g/mol. The summed E-state index contributed by atoms with van der Waals surface area (Å²) in [6.45, 7) is 7.24. The zero-order valence-corrected chi connectivity index (χ0v) is 9.37. The van der Waals surface area contributed by atoms with Gasteiger partial charge in [-0.3, -0.25) is 4.68 Å². The minimum Gasteiger partial charge on any atom is -0.372 e. The van der Waals surface area contributed by atoms with E-state index in [9.17, 15) is 0 Å². The summed E-state index contributed by atoms with van der Waals surface area (Å²) in [4.78, 5) is 0. The van der Waals surface area contributed by atoms with Crippen molar-refractivity contribution in [2.45, 2.75) is 26.9 Å². The molecule has 0 aromatic carbocycles. The number of rotatable bonds is 4. The largest absolute Gasteiger partial charge is 0.372 e. The summed E-state index contributed by atoms with van der Waals surface area (Å²) in [7, 11) is 1.95. The van der Waals surface area contributed by atoms with Crippen LogP contribution in [0.3, 0.4) is 0 Å². The van der Waals surface area contributed by atoms with Crippen molar-refractivity contribution in [3.05, 3.63) is 17.0 Å². The molecular formula is C10H19N3O. The molecule has 1 rings (SSSR count). The van der Waals surface area contributed by atoms with E-state index in [1.54, 1.807) is 0 Å². The predicted molar refractivity (Wildman–Crippen MR) is 56.1 cm³/mol. The maximum Gasteiger partial charge on any atom is 0.0833 e. The molecule has 0 fully saturated rings. The molecule has 80 valence electrons. The molecule has 2 N–H and O–H groups in total. The molecule has 0 bridgehead atoms. The summed E-state index contributed by atoms with van der Waals surface area (Å²) in [5, 5.41) is 4.35. The second-order valence-corrected chi connectivity index (χ2v) is 3.51. The van der Waals surface area contributed by atoms with E-state index in [-0.39, 0.29) is 6.10 Å². The van der Waals surface area contributed by atoms with Crippen LogP contribution in [0.2, 0.25) is 0 Å². The zero-order chi connectivity index (χ0) is 10.7. The molecule has 0 radical (unpaired) electrons. The van der Waals surface area contributed by atoms with Crippen molar-refractivity contribution in [1.29, 1.82) is 0 Å². The molecule has 0 spiro atoms. The lowest BCUT2D eigenvalue weighted by Crippen LogP contribution is -2.11. The average Bonchev–Trinajstić information content (AvgIpc) is 2.38. The van der Waals surface area contributed by atoms with Gasteiger partial charge in [0.05, 0.1) is 18.4 Å². The van der Waals surface area contributed by atoms with Crippen LogP contribution in [-0.2, 0) is 11.8 Å². The number of aryl methyl sites for hydroxylation is 2. The molecule has 4 heteroatoms. The van der Waals surface area contributed by atoms with Gasteiger partial charge >= 0.3 is 0 Å². The number of nitrogens with two attached hydrogens (primary N) is 1. The molecule has 0 aliphatic carbocycles. The fraction of sp³-hybridized carbons (Fsp3) is 0.700. The Kier molecular flexibility index (Phi) is 3.66. The Balaban J connectivity index is 2.83. The van der Waals surface area contributed by atoms with Gasteiger partial charge in [0.1, 0.15) is 0 Å². The van der Waals surface area contributed by atoms with Crippen molar-refractivity contribution in [1.82, 2.24) is 9.78 Å². The van der Waals surface area contributed by atoms with E-state index < -0.39 is 0 Å². The minimum atomic E-state index is 0.0762. The van der Waals surface area contributed by atoms with Crippen molar-refractivity contribution in [3.63, 3.8) is 0 Å². The Morgan fingerprint density at radius 2 is 2.14 bits per heavy atom. The third-order valence-electron chi connectivity index (χ3n) is 2.46. The first kappa shape index (κ1) is 11.2. The lowest BCUT2D eigenvalue weighted by atomic mass is 10.1. The predicted octanol–water partition coefficient (Wildman–Crippen LogP) is 1.07. The Morgan fingerprint density at radius 3 is 2.57 bits per heavy atom. The first-order valence-electron chi connectivity index (χ1n) is 4.89. The summed E-state index contributed by atoms with van der Waals surface area (Å²) in [6, 6.07) is 0. The van der Waals surface area contributed by atoms with Crippen molar-refractivity contribution in [3.8, 4) is 0 Å². The summed E-state index contributed by atoms with van der Waals surface area (Å²) in [5.74, 6) is 0. The SMILES string of the molecule is Cc1nn(C)c(C)c1[C@H](C)OCCN. The van der Waals surface area contributed by atoms with Crippen LogP contribution in [0, 0.1) is 13.8 Å². The summed E-state index contributed by atoms with van der Waals surface area (Å²) >= 11 is 0. The second-order valence-electron chi connectivity index (χ2n) is 3.51. The zero-order valence-electron chi connectivity index (χ0n) is 9.37. The highest BCUT2D eigenvalue weighted by molar-refractivity contribution is 5.26. The number of ether oxygens (including phenoxy) is 1. The standard InChI is InChI=1S/C10H19N3O/c1-7-10(8(2)13(4)12-7)9(3)14-6-5-11/h9H,5-6,11H2,1-4H3/t9-/m0/s1. The monoisotopic (exact) mass is 197 g/mol. The Bertz CT molecular complexity index is 307. The summed E-state index contributed by atoms with van der Waals surface area (Å²) in [6.07, 6.45) is 0.0762. The van der Waals surface area contributed by atoms with Gasteiger partial charge in [-0.1, -0.05) is 0 Å². The van der Waals surface area contributed by atoms with Crippen LogP contribution in [0.4, 0.5) is 0 Å². The molecule has 1 heterocycles. The molecular weight excluding hydrogens is 178 g/mol. The van der Waals surface area contributed by atoms with E-state index >= 15 is 0 Å². The van der Waals surface area contributed by atoms with Crippen molar-refractivity contribution < 1.29 is 4.74 Å². The summed E-state index contributed by atoms with van der Waals surface area (Å²) < 4.78 is 7.46. The van der Waals surface area contributed by atoms with Gasteiger partial charge in [0.15, 0.2) is 0 Å². The number of hydrogen-bond donors (Lipinski definition) is 1. The molecule has 0 saturated carbocycles. The minimum absolute atomic E-state index is 0.0762. The van der Waals surface area contributed by atoms with Gasteiger partial charge in [0, 0.05) is 24.8 Å². The van der Waals surface area contributed by atoms with Gasteiger partial charge in [-0.2, -0.15) is 5.10 Å². The normalized spacial score (nSPS) is 13.2. The van der Waals surface area contributed by atoms with Crippen LogP contribution in [0.25, 0.3) is 0 Å². The van der Waals surface area contributed by atoms with Crippen molar-refractivity contribution in [2.75, 3.05) is 13.2 Å². The topological polar surface area (TPSA) is 53.1 Å². The van der Waals surface area contributed by atoms with Crippen LogP contribution in [0.1, 0.15) is 30.0 Å². The van der Waals surface area contributed by atoms with E-state index in [0.717, 1.165) is 11.4 Å². The van der Waals surface area contributed by atoms with Crippen molar-refractivity contribution >= 4 is 0 Å². The highest BCUT2D eigenvalue weighted by Gasteiger charge is 2.16. The molecule has 14 heavy (non-hydrogen) atoms. The lowest BCUT2D eigenvalue weighted by Gasteiger charge is -2.12. The number of nitrogens with zero attached hydrogens (tertiary/aromatic N) is 2. The highest BCUT2D eigenvalue weighted by Crippen LogP contribution is 2.23. The van der Waals surface area contributed by atoms with Gasteiger partial charge in [-0.15, -0.1) is 0 Å². The third kappa shape index (κ3) is 2.13. The van der Waals surface area contributed by atoms with Gasteiger partial charge in [-0.25, -0.2) is 0 Å². The first-order valence-corrected chi connectivity index (χ1v) is 4.89. The fourth-order valence-electron chi connectivity index (χ4n) is 1.71. The highest BCUT2D eigenvalue weighted by atomic mass is 16.5. The molecule has 0 aliphatic rings. The molecule has 0 saturated heterocycles. The fourth-order valence-corrected chi connectivity index (χ4v) is 1.71. The van der Waals surface area contributed by atoms with Gasteiger partial charge < -0.3 is 10.5 Å². The van der Waals surface area contributed by atoms with Crippen LogP contribution in [0.15, 0.2) is 0 Å². The van der Waals surface area contributed by atoms with E-state index in [1.165, 1.54) is 5.56 Å². The molecule has 1 aromatic heterocycles. The van der Waals surface area contributed by atoms with Crippen LogP contribution >= 0.6 is 0 Å². The molecule has 4 nitrogen and oxygen atoms in total. The lowest BCUT2D eigenvalue weighted by molar-refractivity contribution is 0.0709. The quantitative estimate of drug-likeness (QED) is 0.785. The maximum atomic E-state index is 5.57. The Labute approximate surface area is 85.0 Å². The van der Waals surface area contributed by atoms with Gasteiger partial charge in [0.25, 0.3) is 0 Å². The molecule has 0 unspecified atom stereocenters. The van der Waals surface area contributed by atoms with E-state index in [2.05, 4.69) is 12.0 Å². The van der Waals surface area contributed by atoms with E-state index in [4.69, 9.17) is 10.5 Å². The number of hydrogen-bond acceptors (Lipinski definition) is 3. The third-order valence-corrected chi connectivity index (χ3v) is 2.46. The second kappa shape index (κ2) is 4.57. The van der Waals surface area contributed by atoms with Gasteiger partial charge in [-0.05, 0) is 20.8 Å². The summed E-state index contributed by atoms with van der Waals surface area (Å²) in [5.41, 5.74) is 8.77. The van der Waals surface area contributed by atoms with Crippen LogP contribution in [-0.4, -0.2) is 22.9 Å². The van der Waals surface area contributed by atoms with E-state index in [1.807, 2.05) is 25.6 Å². The Morgan fingerprint density at radius 1 is 1.50 bits per heavy atom. The first-order chi connectivity index (χ1) is 6.57. The smallest absolute Gasteiger partial charge is 0.0833 e. The van der Waals surface area contributed by atoms with Crippen LogP contribution < -0.4 is 5.73 Å². The molecule has 1 atom stereocenters. The van der Waals surface area contributed by atoms with Gasteiger partial charge in [0.2, 0.25) is 0 Å². The van der Waals surface area contributed by atoms with Crippen LogP contribution in [0.5, 0.6) is 0 Å². The van der Waals surface area contributed by atoms with E-state index in [0.29, 0.717) is 13.2 Å².